The third kappa shape index (κ3) is 11.5. The predicted octanol–water partition coefficient (Wildman–Crippen LogP) is 9.09. The third-order valence-electron chi connectivity index (χ3n) is 6.29. The van der Waals surface area contributed by atoms with Gasteiger partial charge >= 0.3 is 6.03 Å². The Morgan fingerprint density at radius 1 is 0.646 bits per heavy atom. The van der Waals surface area contributed by atoms with E-state index in [2.05, 4.69) is 35.6 Å². The number of nitrogens with two attached hydrogens (primary N) is 1. The van der Waals surface area contributed by atoms with Crippen LogP contribution in [0.25, 0.3) is 22.3 Å². The monoisotopic (exact) mass is 676 g/mol. The van der Waals surface area contributed by atoms with Gasteiger partial charge in [-0.25, -0.2) is 29.5 Å². The molecule has 240 valence electrons. The molecule has 0 fully saturated rings. The molecule has 6 rings (SSSR count). The molecule has 0 aliphatic carbocycles. The van der Waals surface area contributed by atoms with Gasteiger partial charge in [0.15, 0.2) is 0 Å². The first-order valence-electron chi connectivity index (χ1n) is 14.4. The quantitative estimate of drug-likeness (QED) is 0.0936. The van der Waals surface area contributed by atoms with Crippen LogP contribution in [0.3, 0.4) is 0 Å². The lowest BCUT2D eigenvalue weighted by Gasteiger charge is -2.08. The minimum Gasteiger partial charge on any atom is -0.368 e. The smallest absolute Gasteiger partial charge is 0.326 e. The molecular formula is C36H30Cl2N8O2. The highest BCUT2D eigenvalue weighted by Crippen LogP contribution is 2.22. The number of carbonyl (C=O) groups is 1. The van der Waals surface area contributed by atoms with Crippen LogP contribution in [0.2, 0.25) is 10.3 Å². The molecule has 2 amide bonds. The fraction of sp³-hybridized carbons (Fsp3) is 0.0556. The number of benzene rings is 4. The number of halogens is 2. The van der Waals surface area contributed by atoms with Crippen molar-refractivity contribution in [3.05, 3.63) is 143 Å². The fourth-order valence-corrected chi connectivity index (χ4v) is 4.67. The number of nitrogen functional groups attached to an aromatic ring is 1. The maximum Gasteiger partial charge on any atom is 0.326 e. The second-order valence-corrected chi connectivity index (χ2v) is 10.8. The molecule has 0 radical (unpaired) electrons. The Morgan fingerprint density at radius 2 is 1.12 bits per heavy atom. The minimum absolute atomic E-state index is 0.165. The van der Waals surface area contributed by atoms with E-state index in [1.807, 2.05) is 104 Å². The largest absolute Gasteiger partial charge is 0.368 e. The Hall–Kier alpha value is -5.93. The zero-order chi connectivity index (χ0) is 34.3. The van der Waals surface area contributed by atoms with Gasteiger partial charge in [0.1, 0.15) is 10.3 Å². The lowest BCUT2D eigenvalue weighted by molar-refractivity contribution is 0.262. The molecule has 10 nitrogen and oxygen atoms in total. The van der Waals surface area contributed by atoms with Crippen molar-refractivity contribution in [2.45, 2.75) is 13.8 Å². The van der Waals surface area contributed by atoms with Gasteiger partial charge in [-0.15, -0.1) is 0 Å². The van der Waals surface area contributed by atoms with Gasteiger partial charge in [-0.2, -0.15) is 4.99 Å². The maximum atomic E-state index is 12.0. The van der Waals surface area contributed by atoms with Crippen molar-refractivity contribution < 1.29 is 9.59 Å². The molecule has 2 aromatic heterocycles. The van der Waals surface area contributed by atoms with E-state index in [0.717, 1.165) is 27.9 Å². The molecule has 4 aromatic carbocycles. The van der Waals surface area contributed by atoms with Crippen molar-refractivity contribution >= 4 is 58.6 Å². The minimum atomic E-state index is -0.427. The molecule has 0 aliphatic heterocycles. The van der Waals surface area contributed by atoms with E-state index in [9.17, 15) is 9.59 Å². The molecule has 0 saturated carbocycles. The number of rotatable bonds is 5. The summed E-state index contributed by atoms with van der Waals surface area (Å²) in [6, 6.07) is 38.0. The van der Waals surface area contributed by atoms with Gasteiger partial charge in [0.25, 0.3) is 0 Å². The number of isocyanates is 1. The van der Waals surface area contributed by atoms with Crippen LogP contribution >= 0.6 is 23.2 Å². The third-order valence-corrected chi connectivity index (χ3v) is 6.67. The van der Waals surface area contributed by atoms with Crippen LogP contribution in [-0.4, -0.2) is 32.0 Å². The molecule has 4 N–H and O–H groups in total. The summed E-state index contributed by atoms with van der Waals surface area (Å²) >= 11 is 11.4. The summed E-state index contributed by atoms with van der Waals surface area (Å²) in [6.07, 6.45) is 1.52. The van der Waals surface area contributed by atoms with Gasteiger partial charge < -0.3 is 11.1 Å². The van der Waals surface area contributed by atoms with Crippen LogP contribution < -0.4 is 16.4 Å². The number of nitrogens with zero attached hydrogens (tertiary/aromatic N) is 5. The SMILES string of the molecule is Cc1cc(Cl)nc(N)n1.Cc1cc(Cl)nc(NC(=O)Nc2ccc(-c3ccccc3)cc2)n1.O=C=Nc1ccc(-c2ccccc2)cc1. The first-order valence-corrected chi connectivity index (χ1v) is 15.2. The van der Waals surface area contributed by atoms with Crippen molar-refractivity contribution in [1.82, 2.24) is 19.9 Å². The molecule has 6 aromatic rings. The number of aliphatic imine (C=N–C) groups is 1. The van der Waals surface area contributed by atoms with Gasteiger partial charge in [-0.1, -0.05) is 108 Å². The molecule has 12 heteroatoms. The summed E-state index contributed by atoms with van der Waals surface area (Å²) in [6.45, 7) is 3.59. The number of hydrogen-bond acceptors (Lipinski definition) is 8. The number of hydrogen-bond donors (Lipinski definition) is 3. The van der Waals surface area contributed by atoms with E-state index in [-0.39, 0.29) is 17.0 Å². The van der Waals surface area contributed by atoms with Crippen LogP contribution in [0.1, 0.15) is 11.4 Å². The first kappa shape index (κ1) is 34.9. The van der Waals surface area contributed by atoms with E-state index < -0.39 is 6.03 Å². The Kier molecular flexibility index (Phi) is 12.9. The maximum absolute atomic E-state index is 12.0. The predicted molar refractivity (Wildman–Crippen MR) is 192 cm³/mol. The highest BCUT2D eigenvalue weighted by atomic mass is 35.5. The summed E-state index contributed by atoms with van der Waals surface area (Å²) in [5, 5.41) is 5.97. The average Bonchev–Trinajstić information content (AvgIpc) is 3.06. The van der Waals surface area contributed by atoms with Crippen molar-refractivity contribution in [3.63, 3.8) is 0 Å². The van der Waals surface area contributed by atoms with Crippen molar-refractivity contribution in [1.29, 1.82) is 0 Å². The summed E-state index contributed by atoms with van der Waals surface area (Å²) in [7, 11) is 0. The summed E-state index contributed by atoms with van der Waals surface area (Å²) < 4.78 is 0. The van der Waals surface area contributed by atoms with Crippen LogP contribution in [0, 0.1) is 13.8 Å². The Balaban J connectivity index is 0.000000183. The molecule has 48 heavy (non-hydrogen) atoms. The van der Waals surface area contributed by atoms with E-state index in [4.69, 9.17) is 28.9 Å². The fourth-order valence-electron chi connectivity index (χ4n) is 4.19. The molecular weight excluding hydrogens is 647 g/mol. The second-order valence-electron chi connectivity index (χ2n) is 9.98. The number of amides is 2. The normalized spacial score (nSPS) is 9.83. The first-order chi connectivity index (χ1) is 23.2. The average molecular weight is 678 g/mol. The lowest BCUT2D eigenvalue weighted by Crippen LogP contribution is -2.21. The van der Waals surface area contributed by atoms with E-state index in [0.29, 0.717) is 22.2 Å². The van der Waals surface area contributed by atoms with Crippen molar-refractivity contribution in [2.24, 2.45) is 4.99 Å². The number of aryl methyl sites for hydroxylation is 2. The summed E-state index contributed by atoms with van der Waals surface area (Å²) in [4.78, 5) is 41.1. The molecule has 0 unspecified atom stereocenters. The van der Waals surface area contributed by atoms with E-state index >= 15 is 0 Å². The van der Waals surface area contributed by atoms with Crippen molar-refractivity contribution in [3.8, 4) is 22.3 Å². The molecule has 0 aliphatic rings. The number of carbonyl (C=O) groups excluding carboxylic acids is 2. The lowest BCUT2D eigenvalue weighted by atomic mass is 10.1. The Labute approximate surface area is 287 Å². The van der Waals surface area contributed by atoms with Crippen LogP contribution in [-0.2, 0) is 4.79 Å². The van der Waals surface area contributed by atoms with Crippen LogP contribution in [0.5, 0.6) is 0 Å². The highest BCUT2D eigenvalue weighted by molar-refractivity contribution is 6.29. The number of aromatic nitrogens is 4. The number of nitrogens with one attached hydrogen (secondary N) is 2. The summed E-state index contributed by atoms with van der Waals surface area (Å²) in [5.74, 6) is 0.387. The van der Waals surface area contributed by atoms with E-state index in [1.165, 1.54) is 6.08 Å². The topological polar surface area (TPSA) is 148 Å². The molecule has 0 bridgehead atoms. The van der Waals surface area contributed by atoms with Crippen molar-refractivity contribution in [2.75, 3.05) is 16.4 Å². The van der Waals surface area contributed by atoms with Gasteiger partial charge in [0, 0.05) is 17.1 Å². The Bertz CT molecular complexity index is 1920. The number of anilines is 3. The second kappa shape index (κ2) is 17.7. The molecule has 0 saturated heterocycles. The standard InChI is InChI=1S/C18H15ClN4O.C13H9NO.C5H6ClN3/c1-12-11-16(19)22-17(20-12)23-18(24)21-15-9-7-14(8-10-15)13-5-3-2-4-6-13;15-10-14-13-8-6-12(7-9-13)11-4-2-1-3-5-11;1-3-2-4(6)9-5(7)8-3/h2-11H,1H3,(H2,20,21,22,23,24);1-9H;2H,1H3,(H2,7,8,9). The molecule has 0 atom stereocenters. The van der Waals surface area contributed by atoms with E-state index in [1.54, 1.807) is 31.2 Å². The summed E-state index contributed by atoms with van der Waals surface area (Å²) in [5.41, 5.74) is 12.5. The van der Waals surface area contributed by atoms with Crippen LogP contribution in [0.15, 0.2) is 126 Å². The van der Waals surface area contributed by atoms with Gasteiger partial charge in [0.05, 0.1) is 5.69 Å². The van der Waals surface area contributed by atoms with Gasteiger partial charge in [-0.3, -0.25) is 5.32 Å². The highest BCUT2D eigenvalue weighted by Gasteiger charge is 2.07. The molecule has 2 heterocycles. The molecule has 0 spiro atoms. The van der Waals surface area contributed by atoms with Gasteiger partial charge in [0.2, 0.25) is 18.0 Å². The zero-order valence-electron chi connectivity index (χ0n) is 25.9. The zero-order valence-corrected chi connectivity index (χ0v) is 27.4. The van der Waals surface area contributed by atoms with Gasteiger partial charge in [-0.05, 0) is 72.5 Å². The Morgan fingerprint density at radius 3 is 1.60 bits per heavy atom. The number of urea groups is 1. The van der Waals surface area contributed by atoms with Crippen LogP contribution in [0.4, 0.5) is 28.1 Å².